The van der Waals surface area contributed by atoms with Crippen LogP contribution >= 0.6 is 0 Å². The Balaban J connectivity index is 1.48. The highest BCUT2D eigenvalue weighted by atomic mass is 16.6. The highest BCUT2D eigenvalue weighted by molar-refractivity contribution is 5.92. The van der Waals surface area contributed by atoms with Gasteiger partial charge in [-0.1, -0.05) is 17.3 Å². The second-order valence-electron chi connectivity index (χ2n) is 5.90. The zero-order valence-electron chi connectivity index (χ0n) is 15.0. The summed E-state index contributed by atoms with van der Waals surface area (Å²) in [7, 11) is 0. The van der Waals surface area contributed by atoms with E-state index in [-0.39, 0.29) is 24.2 Å². The normalized spacial score (nSPS) is 10.5. The molecule has 1 heterocycles. The quantitative estimate of drug-likeness (QED) is 0.356. The number of aryl methyl sites for hydroxylation is 1. The highest BCUT2D eigenvalue weighted by Crippen LogP contribution is 2.15. The Morgan fingerprint density at radius 1 is 1.14 bits per heavy atom. The van der Waals surface area contributed by atoms with Gasteiger partial charge in [0.25, 0.3) is 17.2 Å². The first kappa shape index (κ1) is 19.6. The number of hydrogen-bond donors (Lipinski definition) is 1. The number of non-ortho nitro benzene ring substituents is 1. The van der Waals surface area contributed by atoms with Crippen LogP contribution in [-0.2, 0) is 20.9 Å². The molecule has 29 heavy (non-hydrogen) atoms. The van der Waals surface area contributed by atoms with Gasteiger partial charge in [0, 0.05) is 17.8 Å². The van der Waals surface area contributed by atoms with E-state index >= 15 is 0 Å². The van der Waals surface area contributed by atoms with Crippen molar-refractivity contribution < 1.29 is 19.2 Å². The van der Waals surface area contributed by atoms with Crippen molar-refractivity contribution >= 4 is 34.2 Å². The number of amides is 1. The summed E-state index contributed by atoms with van der Waals surface area (Å²) in [5.41, 5.74) is 0.301. The predicted molar refractivity (Wildman–Crippen MR) is 101 cm³/mol. The fraction of sp³-hybridized carbons (Fsp3) is 0.167. The number of nitrogens with one attached hydrogen (secondary N) is 1. The van der Waals surface area contributed by atoms with Crippen LogP contribution in [-0.4, -0.2) is 38.4 Å². The van der Waals surface area contributed by atoms with Crippen molar-refractivity contribution in [2.24, 2.45) is 0 Å². The minimum Gasteiger partial charge on any atom is -0.456 e. The standard InChI is InChI=1S/C18H15N5O6/c24-16(19-12-5-7-13(8-6-12)23(27)28)11-29-17(25)9-10-22-18(26)14-3-1-2-4-15(14)20-21-22/h1-8H,9-11H2,(H,19,24). The Morgan fingerprint density at radius 3 is 2.59 bits per heavy atom. The van der Waals surface area contributed by atoms with E-state index in [1.54, 1.807) is 24.3 Å². The Kier molecular flexibility index (Phi) is 5.88. The van der Waals surface area contributed by atoms with E-state index in [1.165, 1.54) is 24.3 Å². The topological polar surface area (TPSA) is 146 Å². The van der Waals surface area contributed by atoms with Crippen LogP contribution in [0.3, 0.4) is 0 Å². The van der Waals surface area contributed by atoms with Gasteiger partial charge < -0.3 is 10.1 Å². The van der Waals surface area contributed by atoms with Crippen LogP contribution in [0.1, 0.15) is 6.42 Å². The summed E-state index contributed by atoms with van der Waals surface area (Å²) in [6.07, 6.45) is -0.169. The van der Waals surface area contributed by atoms with E-state index in [0.717, 1.165) is 4.68 Å². The molecule has 0 fully saturated rings. The minimum atomic E-state index is -0.689. The molecule has 0 aliphatic rings. The first-order chi connectivity index (χ1) is 13.9. The molecule has 0 atom stereocenters. The van der Waals surface area contributed by atoms with Crippen LogP contribution in [0.5, 0.6) is 0 Å². The SMILES string of the molecule is O=C(COC(=O)CCn1nnc2ccccc2c1=O)Nc1ccc([N+](=O)[O-])cc1. The van der Waals surface area contributed by atoms with Crippen LogP contribution in [0.15, 0.2) is 53.3 Å². The number of nitro benzene ring substituents is 1. The third-order valence-electron chi connectivity index (χ3n) is 3.88. The number of aromatic nitrogens is 3. The monoisotopic (exact) mass is 397 g/mol. The molecule has 0 bridgehead atoms. The maximum Gasteiger partial charge on any atom is 0.308 e. The lowest BCUT2D eigenvalue weighted by Gasteiger charge is -2.07. The molecule has 0 unspecified atom stereocenters. The molecule has 3 rings (SSSR count). The number of fused-ring (bicyclic) bond motifs is 1. The summed E-state index contributed by atoms with van der Waals surface area (Å²) in [4.78, 5) is 46.0. The van der Waals surface area contributed by atoms with Crippen LogP contribution < -0.4 is 10.9 Å². The Labute approximate surface area is 163 Å². The maximum atomic E-state index is 12.3. The second-order valence-corrected chi connectivity index (χ2v) is 5.90. The lowest BCUT2D eigenvalue weighted by molar-refractivity contribution is -0.384. The van der Waals surface area contributed by atoms with Gasteiger partial charge in [0.1, 0.15) is 5.52 Å². The van der Waals surface area contributed by atoms with Crippen molar-refractivity contribution in [3.8, 4) is 0 Å². The van der Waals surface area contributed by atoms with Crippen molar-refractivity contribution in [3.05, 3.63) is 69.0 Å². The number of ether oxygens (including phenoxy) is 1. The molecule has 11 heteroatoms. The first-order valence-electron chi connectivity index (χ1n) is 8.46. The van der Waals surface area contributed by atoms with E-state index < -0.39 is 23.4 Å². The Bertz CT molecular complexity index is 1130. The van der Waals surface area contributed by atoms with E-state index in [2.05, 4.69) is 15.6 Å². The molecule has 0 radical (unpaired) electrons. The first-order valence-corrected chi connectivity index (χ1v) is 8.46. The van der Waals surface area contributed by atoms with E-state index in [9.17, 15) is 24.5 Å². The molecule has 0 aliphatic carbocycles. The zero-order valence-corrected chi connectivity index (χ0v) is 15.0. The van der Waals surface area contributed by atoms with Gasteiger partial charge in [0.15, 0.2) is 6.61 Å². The summed E-state index contributed by atoms with van der Waals surface area (Å²) in [5, 5.41) is 21.1. The molecular weight excluding hydrogens is 382 g/mol. The Morgan fingerprint density at radius 2 is 1.86 bits per heavy atom. The van der Waals surface area contributed by atoms with Gasteiger partial charge in [-0.2, -0.15) is 0 Å². The minimum absolute atomic E-state index is 0.0422. The van der Waals surface area contributed by atoms with Crippen molar-refractivity contribution in [2.45, 2.75) is 13.0 Å². The average Bonchev–Trinajstić information content (AvgIpc) is 2.72. The molecule has 2 aromatic carbocycles. The third kappa shape index (κ3) is 4.97. The lowest BCUT2D eigenvalue weighted by atomic mass is 10.2. The van der Waals surface area contributed by atoms with E-state index in [0.29, 0.717) is 16.6 Å². The molecule has 0 spiro atoms. The van der Waals surface area contributed by atoms with Gasteiger partial charge in [-0.05, 0) is 24.3 Å². The van der Waals surface area contributed by atoms with Crippen molar-refractivity contribution in [3.63, 3.8) is 0 Å². The number of carbonyl (C=O) groups excluding carboxylic acids is 2. The molecule has 3 aromatic rings. The molecule has 11 nitrogen and oxygen atoms in total. The van der Waals surface area contributed by atoms with Crippen LogP contribution in [0, 0.1) is 10.1 Å². The van der Waals surface area contributed by atoms with Crippen LogP contribution in [0.25, 0.3) is 10.9 Å². The predicted octanol–water partition coefficient (Wildman–Crippen LogP) is 1.27. The number of nitro groups is 1. The van der Waals surface area contributed by atoms with Gasteiger partial charge in [-0.25, -0.2) is 4.68 Å². The van der Waals surface area contributed by atoms with Gasteiger partial charge in [0.2, 0.25) is 0 Å². The molecule has 1 amide bonds. The number of rotatable bonds is 7. The second kappa shape index (κ2) is 8.69. The van der Waals surface area contributed by atoms with Crippen molar-refractivity contribution in [1.29, 1.82) is 0 Å². The van der Waals surface area contributed by atoms with Gasteiger partial charge in [0.05, 0.1) is 23.3 Å². The van der Waals surface area contributed by atoms with Crippen molar-refractivity contribution in [1.82, 2.24) is 15.0 Å². The zero-order chi connectivity index (χ0) is 20.8. The Hall–Kier alpha value is -4.15. The molecule has 1 N–H and O–H groups in total. The number of carbonyl (C=O) groups is 2. The molecule has 0 aliphatic heterocycles. The maximum absolute atomic E-state index is 12.3. The van der Waals surface area contributed by atoms with Gasteiger partial charge in [-0.3, -0.25) is 24.5 Å². The summed E-state index contributed by atoms with van der Waals surface area (Å²) in [6, 6.07) is 11.9. The number of benzene rings is 2. The summed E-state index contributed by atoms with van der Waals surface area (Å²) in [6.45, 7) is -0.576. The smallest absolute Gasteiger partial charge is 0.308 e. The highest BCUT2D eigenvalue weighted by Gasteiger charge is 2.11. The number of nitrogens with zero attached hydrogens (tertiary/aromatic N) is 4. The third-order valence-corrected chi connectivity index (χ3v) is 3.88. The molecule has 1 aromatic heterocycles. The lowest BCUT2D eigenvalue weighted by Crippen LogP contribution is -2.26. The number of hydrogen-bond acceptors (Lipinski definition) is 8. The molecule has 0 saturated heterocycles. The van der Waals surface area contributed by atoms with Crippen LogP contribution in [0.2, 0.25) is 0 Å². The summed E-state index contributed by atoms with van der Waals surface area (Å²) >= 11 is 0. The largest absolute Gasteiger partial charge is 0.456 e. The number of anilines is 1. The molecule has 148 valence electrons. The van der Waals surface area contributed by atoms with E-state index in [1.807, 2.05) is 0 Å². The fourth-order valence-corrected chi connectivity index (χ4v) is 2.45. The molecular formula is C18H15N5O6. The average molecular weight is 397 g/mol. The summed E-state index contributed by atoms with van der Waals surface area (Å²) in [5.74, 6) is -1.29. The fourth-order valence-electron chi connectivity index (χ4n) is 2.45. The van der Waals surface area contributed by atoms with Gasteiger partial charge in [-0.15, -0.1) is 5.10 Å². The van der Waals surface area contributed by atoms with E-state index in [4.69, 9.17) is 4.74 Å². The van der Waals surface area contributed by atoms with Gasteiger partial charge >= 0.3 is 5.97 Å². The number of esters is 1. The summed E-state index contributed by atoms with van der Waals surface area (Å²) < 4.78 is 5.92. The molecule has 0 saturated carbocycles. The van der Waals surface area contributed by atoms with Crippen molar-refractivity contribution in [2.75, 3.05) is 11.9 Å². The van der Waals surface area contributed by atoms with Crippen LogP contribution in [0.4, 0.5) is 11.4 Å².